The summed E-state index contributed by atoms with van der Waals surface area (Å²) in [6.45, 7) is -0.439. The number of sulfone groups is 1. The predicted molar refractivity (Wildman–Crippen MR) is 118 cm³/mol. The molecule has 0 atom stereocenters. The number of aliphatic carboxylic acids is 1. The predicted octanol–water partition coefficient (Wildman–Crippen LogP) is -0.733. The number of nitro groups is 1. The van der Waals surface area contributed by atoms with Crippen LogP contribution in [0.25, 0.3) is 0 Å². The van der Waals surface area contributed by atoms with Gasteiger partial charge in [-0.3, -0.25) is 39.2 Å². The van der Waals surface area contributed by atoms with Crippen LogP contribution in [0.3, 0.4) is 0 Å². The number of carboxylic acids is 1. The Bertz CT molecular complexity index is 1120. The van der Waals surface area contributed by atoms with E-state index in [1.165, 1.54) is 0 Å². The topological polar surface area (TPSA) is 235 Å². The average Bonchev–Trinajstić information content (AvgIpc) is 2.65. The summed E-state index contributed by atoms with van der Waals surface area (Å²) in [6.07, 6.45) is 0.770. The van der Waals surface area contributed by atoms with Crippen molar-refractivity contribution < 1.29 is 52.0 Å². The van der Waals surface area contributed by atoms with Crippen LogP contribution < -0.4 is 5.32 Å². The molecule has 1 aromatic rings. The Labute approximate surface area is 236 Å². The maximum atomic E-state index is 12.4. The van der Waals surface area contributed by atoms with Crippen molar-refractivity contribution in [2.24, 2.45) is 5.92 Å². The molecule has 17 heteroatoms. The Morgan fingerprint density at radius 2 is 1.74 bits per heavy atom. The second kappa shape index (κ2) is 13.8. The van der Waals surface area contributed by atoms with E-state index in [1.54, 1.807) is 0 Å². The molecular formula is C17H22KN2O12PS. The van der Waals surface area contributed by atoms with Crippen LogP contribution in [0, 0.1) is 16.0 Å². The zero-order chi connectivity index (χ0) is 25.6. The van der Waals surface area contributed by atoms with Gasteiger partial charge in [-0.2, -0.15) is 0 Å². The molecule has 0 heterocycles. The third kappa shape index (κ3) is 10.6. The van der Waals surface area contributed by atoms with Crippen LogP contribution in [0.5, 0.6) is 0 Å². The van der Waals surface area contributed by atoms with Crippen molar-refractivity contribution in [3.8, 4) is 0 Å². The summed E-state index contributed by atoms with van der Waals surface area (Å²) in [4.78, 5) is 72.1. The molecule has 14 nitrogen and oxygen atoms in total. The molecule has 1 aromatic carbocycles. The zero-order valence-corrected chi connectivity index (χ0v) is 18.9. The molecule has 0 amide bonds. The number of nitrogens with zero attached hydrogens (tertiary/aromatic N) is 1. The number of nitrogens with one attached hydrogen (secondary N) is 1. The normalized spacial score (nSPS) is 14.4. The molecule has 1 aliphatic carbocycles. The molecule has 1 saturated carbocycles. The number of rotatable bonds is 8. The van der Waals surface area contributed by atoms with E-state index in [1.807, 2.05) is 0 Å². The van der Waals surface area contributed by atoms with Gasteiger partial charge in [0.05, 0.1) is 28.2 Å². The maximum absolute atomic E-state index is 12.4. The molecule has 1 aliphatic rings. The first-order chi connectivity index (χ1) is 15.0. The van der Waals surface area contributed by atoms with Crippen molar-refractivity contribution in [2.45, 2.75) is 24.2 Å². The van der Waals surface area contributed by atoms with E-state index in [9.17, 15) is 42.3 Å². The van der Waals surface area contributed by atoms with Crippen LogP contribution in [0.2, 0.25) is 0 Å². The van der Waals surface area contributed by atoms with Crippen molar-refractivity contribution >= 4 is 97.8 Å². The van der Waals surface area contributed by atoms with Crippen molar-refractivity contribution in [3.63, 3.8) is 0 Å². The zero-order valence-electron chi connectivity index (χ0n) is 17.2. The number of Topliss-reactive ketones (excluding diaryl/α,β-unsaturated/α-hetero) is 3. The third-order valence-electron chi connectivity index (χ3n) is 4.21. The molecule has 0 aliphatic heterocycles. The molecule has 0 spiro atoms. The molecule has 34 heavy (non-hydrogen) atoms. The molecule has 0 aromatic heterocycles. The molecule has 0 unspecified atom stereocenters. The number of carbonyl (C=O) groups excluding carboxylic acids is 3. The SMILES string of the molecule is CS(=O)(=O)c1ccc(C(=O)C2C(=O)CCCC2=O)c([N+](=O)[O-])c1.O=C(O)CNCP(=O)(O)O.[KH]. The minimum atomic E-state index is -4.10. The second-order valence-corrected chi connectivity index (χ2v) is 10.6. The monoisotopic (exact) mass is 548 g/mol. The minimum absolute atomic E-state index is 0. The van der Waals surface area contributed by atoms with Crippen LogP contribution in [-0.4, -0.2) is 122 Å². The number of hydrogen-bond acceptors (Lipinski definition) is 10. The van der Waals surface area contributed by atoms with E-state index in [4.69, 9.17) is 14.9 Å². The van der Waals surface area contributed by atoms with Gasteiger partial charge in [0.25, 0.3) is 5.69 Å². The summed E-state index contributed by atoms with van der Waals surface area (Å²) >= 11 is 0. The van der Waals surface area contributed by atoms with E-state index in [0.717, 1.165) is 24.5 Å². The Morgan fingerprint density at radius 3 is 2.15 bits per heavy atom. The fourth-order valence-corrected chi connectivity index (χ4v) is 3.81. The van der Waals surface area contributed by atoms with Gasteiger partial charge >= 0.3 is 64.9 Å². The van der Waals surface area contributed by atoms with Gasteiger partial charge in [-0.1, -0.05) is 0 Å². The Kier molecular flexibility index (Phi) is 13.3. The first-order valence-electron chi connectivity index (χ1n) is 9.10. The van der Waals surface area contributed by atoms with Crippen LogP contribution in [0.4, 0.5) is 5.69 Å². The van der Waals surface area contributed by atoms with E-state index < -0.39 is 75.7 Å². The van der Waals surface area contributed by atoms with Gasteiger partial charge in [0, 0.05) is 25.2 Å². The summed E-state index contributed by atoms with van der Waals surface area (Å²) in [5, 5.41) is 21.2. The molecule has 4 N–H and O–H groups in total. The first-order valence-corrected chi connectivity index (χ1v) is 12.8. The van der Waals surface area contributed by atoms with Gasteiger partial charge in [-0.15, -0.1) is 0 Å². The summed E-state index contributed by atoms with van der Waals surface area (Å²) < 4.78 is 33.0. The molecular weight excluding hydrogens is 526 g/mol. The molecule has 184 valence electrons. The average molecular weight is 549 g/mol. The number of hydrogen-bond donors (Lipinski definition) is 4. The fourth-order valence-electron chi connectivity index (χ4n) is 2.76. The van der Waals surface area contributed by atoms with E-state index in [-0.39, 0.29) is 69.1 Å². The van der Waals surface area contributed by atoms with Crippen molar-refractivity contribution in [1.29, 1.82) is 0 Å². The Hall–Kier alpha value is -1.20. The van der Waals surface area contributed by atoms with E-state index >= 15 is 0 Å². The van der Waals surface area contributed by atoms with Crippen LogP contribution in [-0.2, 0) is 28.8 Å². The van der Waals surface area contributed by atoms with Crippen LogP contribution in [0.15, 0.2) is 23.1 Å². The molecule has 1 fully saturated rings. The summed E-state index contributed by atoms with van der Waals surface area (Å²) in [5.41, 5.74) is -1.17. The quantitative estimate of drug-likeness (QED) is 0.0783. The van der Waals surface area contributed by atoms with Gasteiger partial charge in [0.15, 0.2) is 27.2 Å². The van der Waals surface area contributed by atoms with Gasteiger partial charge < -0.3 is 14.9 Å². The van der Waals surface area contributed by atoms with Gasteiger partial charge in [-0.05, 0) is 18.6 Å². The van der Waals surface area contributed by atoms with Crippen LogP contribution in [0.1, 0.15) is 29.6 Å². The summed E-state index contributed by atoms with van der Waals surface area (Å²) in [7, 11) is -7.79. The summed E-state index contributed by atoms with van der Waals surface area (Å²) in [5.74, 6) is -4.76. The first kappa shape index (κ1) is 32.8. The van der Waals surface area contributed by atoms with E-state index in [2.05, 4.69) is 5.32 Å². The van der Waals surface area contributed by atoms with Crippen molar-refractivity contribution in [3.05, 3.63) is 33.9 Å². The molecule has 0 radical (unpaired) electrons. The molecule has 0 saturated heterocycles. The molecule has 2 rings (SSSR count). The Morgan fingerprint density at radius 1 is 1.21 bits per heavy atom. The van der Waals surface area contributed by atoms with Crippen molar-refractivity contribution in [2.75, 3.05) is 19.1 Å². The number of carbonyl (C=O) groups is 4. The van der Waals surface area contributed by atoms with Crippen LogP contribution >= 0.6 is 7.60 Å². The summed E-state index contributed by atoms with van der Waals surface area (Å²) in [6, 6.07) is 2.79. The second-order valence-electron chi connectivity index (χ2n) is 6.93. The number of carboxylic acid groups (broad SMARTS) is 1. The number of benzene rings is 1. The van der Waals surface area contributed by atoms with Gasteiger partial charge in [0.2, 0.25) is 0 Å². The van der Waals surface area contributed by atoms with Gasteiger partial charge in [-0.25, -0.2) is 8.42 Å². The Balaban J connectivity index is 0.000000844. The van der Waals surface area contributed by atoms with Gasteiger partial charge in [0.1, 0.15) is 5.92 Å². The fraction of sp³-hybridized carbons (Fsp3) is 0.412. The number of ketones is 3. The molecule has 0 bridgehead atoms. The number of nitro benzene ring substituents is 1. The standard InChI is InChI=1S/C14H13NO7S.C3H8NO5P.K.H/c1-23(21,22)8-5-6-9(10(7-8)15(19)20)14(18)13-11(16)3-2-4-12(13)17;5-3(6)1-4-2-10(7,8)9;;/h5-7,13H,2-4H2,1H3;4H,1-2H2,(H,5,6)(H2,7,8,9);;. The van der Waals surface area contributed by atoms with E-state index in [0.29, 0.717) is 6.42 Å². The van der Waals surface area contributed by atoms with Crippen molar-refractivity contribution in [1.82, 2.24) is 5.32 Å². The third-order valence-corrected chi connectivity index (χ3v) is 5.95.